The van der Waals surface area contributed by atoms with Gasteiger partial charge >= 0.3 is 0 Å². The molecule has 0 spiro atoms. The molecule has 0 amide bonds. The Balaban J connectivity index is 1.61. The van der Waals surface area contributed by atoms with Crippen molar-refractivity contribution in [1.29, 1.82) is 0 Å². The second-order valence-corrected chi connectivity index (χ2v) is 7.94. The van der Waals surface area contributed by atoms with Gasteiger partial charge in [-0.3, -0.25) is 0 Å². The molecule has 130 valence electrons. The highest BCUT2D eigenvalue weighted by atomic mass is 32.2. The summed E-state index contributed by atoms with van der Waals surface area (Å²) in [6.45, 7) is 0.437. The van der Waals surface area contributed by atoms with E-state index in [0.29, 0.717) is 12.4 Å². The zero-order chi connectivity index (χ0) is 18.0. The number of sulfonamides is 1. The van der Waals surface area contributed by atoms with Crippen LogP contribution in [0.25, 0.3) is 17.7 Å². The molecule has 2 aliphatic heterocycles. The molecule has 0 bridgehead atoms. The smallest absolute Gasteiger partial charge is 0.256 e. The fraction of sp³-hybridized carbons (Fsp3) is 0.0952. The molecule has 26 heavy (non-hydrogen) atoms. The van der Waals surface area contributed by atoms with E-state index in [0.717, 1.165) is 22.3 Å². The number of nitrogens with zero attached hydrogens (tertiary/aromatic N) is 2. The van der Waals surface area contributed by atoms with E-state index in [1.165, 1.54) is 0 Å². The lowest BCUT2D eigenvalue weighted by molar-refractivity contribution is 0.550. The molecule has 2 aromatic rings. The van der Waals surface area contributed by atoms with Gasteiger partial charge in [-0.2, -0.15) is 0 Å². The van der Waals surface area contributed by atoms with Gasteiger partial charge in [0.2, 0.25) is 0 Å². The Morgan fingerprint density at radius 1 is 0.923 bits per heavy atom. The predicted molar refractivity (Wildman–Crippen MR) is 107 cm³/mol. The summed E-state index contributed by atoms with van der Waals surface area (Å²) in [5.74, 6) is 0.559. The number of fused-ring (bicyclic) bond motifs is 1. The van der Waals surface area contributed by atoms with Gasteiger partial charge in [-0.25, -0.2) is 8.42 Å². The van der Waals surface area contributed by atoms with Crippen molar-refractivity contribution in [2.24, 2.45) is 4.40 Å². The second kappa shape index (κ2) is 6.77. The molecular weight excluding hydrogens is 344 g/mol. The Labute approximate surface area is 153 Å². The Kier molecular flexibility index (Phi) is 4.31. The number of hydrogen-bond acceptors (Lipinski definition) is 3. The molecule has 2 heterocycles. The maximum atomic E-state index is 11.9. The van der Waals surface area contributed by atoms with Gasteiger partial charge in [0, 0.05) is 18.3 Å². The Morgan fingerprint density at radius 3 is 2.35 bits per heavy atom. The highest BCUT2D eigenvalue weighted by Crippen LogP contribution is 2.26. The van der Waals surface area contributed by atoms with Crippen molar-refractivity contribution in [2.45, 2.75) is 0 Å². The molecular formula is C21H18N2O2S. The Bertz CT molecular complexity index is 1030. The monoisotopic (exact) mass is 362 g/mol. The van der Waals surface area contributed by atoms with Crippen LogP contribution in [0.1, 0.15) is 16.7 Å². The molecule has 0 unspecified atom stereocenters. The van der Waals surface area contributed by atoms with Crippen molar-refractivity contribution in [3.05, 3.63) is 89.6 Å². The largest absolute Gasteiger partial charge is 0.331 e. The third kappa shape index (κ3) is 3.53. The Morgan fingerprint density at radius 2 is 1.62 bits per heavy atom. The highest BCUT2D eigenvalue weighted by Gasteiger charge is 2.27. The third-order valence-corrected chi connectivity index (χ3v) is 5.50. The summed E-state index contributed by atoms with van der Waals surface area (Å²) < 4.78 is 27.7. The minimum atomic E-state index is -3.38. The van der Waals surface area contributed by atoms with Gasteiger partial charge in [0.25, 0.3) is 10.0 Å². The quantitative estimate of drug-likeness (QED) is 0.780. The maximum absolute atomic E-state index is 11.9. The molecule has 0 fully saturated rings. The lowest BCUT2D eigenvalue weighted by Gasteiger charge is -2.29. The molecule has 4 nitrogen and oxygen atoms in total. The minimum absolute atomic E-state index is 0.0529. The standard InChI is InChI=1S/C21H18N2O2S/c24-26(25)16-15-23-14-4-7-20(21(23)22-26)19-12-10-18(11-13-19)9-8-17-5-2-1-3-6-17/h1-14H,15-16H2/b9-8+. The average Bonchev–Trinajstić information content (AvgIpc) is 2.66. The van der Waals surface area contributed by atoms with Crippen molar-refractivity contribution in [3.63, 3.8) is 0 Å². The molecule has 4 rings (SSSR count). The van der Waals surface area contributed by atoms with Gasteiger partial charge < -0.3 is 4.90 Å². The summed E-state index contributed by atoms with van der Waals surface area (Å²) in [5, 5.41) is 0. The molecule has 0 saturated carbocycles. The first-order valence-electron chi connectivity index (χ1n) is 8.42. The Hall–Kier alpha value is -2.92. The second-order valence-electron chi connectivity index (χ2n) is 6.18. The van der Waals surface area contributed by atoms with Crippen molar-refractivity contribution < 1.29 is 8.42 Å². The van der Waals surface area contributed by atoms with Gasteiger partial charge in [-0.05, 0) is 28.8 Å². The molecule has 5 heteroatoms. The molecule has 0 aliphatic carbocycles. The van der Waals surface area contributed by atoms with Crippen LogP contribution in [0.3, 0.4) is 0 Å². The van der Waals surface area contributed by atoms with E-state index in [4.69, 9.17) is 0 Å². The summed E-state index contributed by atoms with van der Waals surface area (Å²) in [7, 11) is -3.38. The van der Waals surface area contributed by atoms with E-state index in [1.807, 2.05) is 65.7 Å². The van der Waals surface area contributed by atoms with Gasteiger partial charge in [-0.15, -0.1) is 4.40 Å². The van der Waals surface area contributed by atoms with E-state index < -0.39 is 10.0 Å². The van der Waals surface area contributed by atoms with Crippen LogP contribution in [0, 0.1) is 0 Å². The molecule has 0 aromatic heterocycles. The summed E-state index contributed by atoms with van der Waals surface area (Å²) in [6.07, 6.45) is 9.83. The van der Waals surface area contributed by atoms with Crippen LogP contribution >= 0.6 is 0 Å². The number of benzene rings is 2. The van der Waals surface area contributed by atoms with Crippen molar-refractivity contribution in [3.8, 4) is 0 Å². The van der Waals surface area contributed by atoms with Gasteiger partial charge in [0.15, 0.2) is 5.84 Å². The van der Waals surface area contributed by atoms with Gasteiger partial charge in [-0.1, -0.05) is 66.7 Å². The van der Waals surface area contributed by atoms with Crippen molar-refractivity contribution in [2.75, 3.05) is 12.3 Å². The molecule has 2 aromatic carbocycles. The van der Waals surface area contributed by atoms with E-state index in [9.17, 15) is 8.42 Å². The van der Waals surface area contributed by atoms with Gasteiger partial charge in [0.05, 0.1) is 5.75 Å². The zero-order valence-electron chi connectivity index (χ0n) is 14.1. The fourth-order valence-corrected chi connectivity index (χ4v) is 3.96. The van der Waals surface area contributed by atoms with Crippen LogP contribution in [0.4, 0.5) is 0 Å². The summed E-state index contributed by atoms with van der Waals surface area (Å²) in [5.41, 5.74) is 4.01. The van der Waals surface area contributed by atoms with Crippen molar-refractivity contribution >= 4 is 33.6 Å². The number of rotatable bonds is 3. The molecule has 2 aliphatic rings. The summed E-state index contributed by atoms with van der Waals surface area (Å²) in [4.78, 5) is 1.89. The maximum Gasteiger partial charge on any atom is 0.256 e. The van der Waals surface area contributed by atoms with Crippen LogP contribution < -0.4 is 0 Å². The molecule has 0 atom stereocenters. The normalized spacial score (nSPS) is 18.4. The number of amidine groups is 1. The first-order chi connectivity index (χ1) is 12.6. The van der Waals surface area contributed by atoms with Crippen molar-refractivity contribution in [1.82, 2.24) is 4.90 Å². The van der Waals surface area contributed by atoms with E-state index in [2.05, 4.69) is 28.7 Å². The third-order valence-electron chi connectivity index (χ3n) is 4.35. The lowest BCUT2D eigenvalue weighted by atomic mass is 10.00. The predicted octanol–water partition coefficient (Wildman–Crippen LogP) is 3.81. The van der Waals surface area contributed by atoms with Crippen LogP contribution in [-0.2, 0) is 10.0 Å². The minimum Gasteiger partial charge on any atom is -0.331 e. The van der Waals surface area contributed by atoms with E-state index in [1.54, 1.807) is 0 Å². The molecule has 0 N–H and O–H groups in total. The zero-order valence-corrected chi connectivity index (χ0v) is 14.9. The van der Waals surface area contributed by atoms with Crippen LogP contribution in [-0.4, -0.2) is 31.5 Å². The van der Waals surface area contributed by atoms with Crippen LogP contribution in [0.2, 0.25) is 0 Å². The molecule has 0 radical (unpaired) electrons. The summed E-state index contributed by atoms with van der Waals surface area (Å²) in [6, 6.07) is 18.2. The van der Waals surface area contributed by atoms with Crippen LogP contribution in [0.15, 0.2) is 77.3 Å². The highest BCUT2D eigenvalue weighted by molar-refractivity contribution is 7.90. The fourth-order valence-electron chi connectivity index (χ4n) is 2.97. The van der Waals surface area contributed by atoms with Gasteiger partial charge in [0.1, 0.15) is 0 Å². The van der Waals surface area contributed by atoms with E-state index >= 15 is 0 Å². The SMILES string of the molecule is O=S1(=O)CCN2C=CC=C(c3ccc(/C=C/c4ccccc4)cc3)C2=N1. The van der Waals surface area contributed by atoms with Crippen LogP contribution in [0.5, 0.6) is 0 Å². The molecule has 0 saturated heterocycles. The topological polar surface area (TPSA) is 49.7 Å². The lowest BCUT2D eigenvalue weighted by Crippen LogP contribution is -2.37. The number of allylic oxidation sites excluding steroid dienone is 2. The summed E-state index contributed by atoms with van der Waals surface area (Å²) >= 11 is 0. The average molecular weight is 362 g/mol. The first-order valence-corrected chi connectivity index (χ1v) is 10.0. The van der Waals surface area contributed by atoms with E-state index in [-0.39, 0.29) is 5.75 Å². The first kappa shape index (κ1) is 16.5. The number of hydrogen-bond donors (Lipinski definition) is 0.